The molecule has 52 heavy (non-hydrogen) atoms. The van der Waals surface area contributed by atoms with Crippen LogP contribution in [0.1, 0.15) is 54.0 Å². The van der Waals surface area contributed by atoms with Crippen molar-refractivity contribution in [3.8, 4) is 33.6 Å². The first kappa shape index (κ1) is 26.5. The Morgan fingerprint density at radius 1 is 0.865 bits per heavy atom. The topological polar surface area (TPSA) is 51.8 Å². The predicted octanol–water partition coefficient (Wildman–Crippen LogP) is 11.1. The molecular formula is C46H45IrN3OSi-2. The standard InChI is InChI=1S/C25H19N2O.C21H26NSi.Ir/c1-15-9-10-19-23(11-15)28-25-21(14-26-17(3)24(19)25)22-12-20(16(2)13-27-22)18-7-5-4-6-8-18;1-23(2,3)21-14-22-20(16-7-5-4-6-8-16)13-19(21)12-18-11-15-9-17(18)10-15;/h4-13H,1-3H3;4-7,13-15,17-18H,9-12H2,1-3H3;/q2*-1;/i1D3,2D3,3D3;;. The van der Waals surface area contributed by atoms with Gasteiger partial charge in [-0.25, -0.2) is 0 Å². The number of furan rings is 1. The maximum atomic E-state index is 7.97. The summed E-state index contributed by atoms with van der Waals surface area (Å²) in [5.74, 6) is 2.98. The van der Waals surface area contributed by atoms with Crippen LogP contribution < -0.4 is 5.19 Å². The normalized spacial score (nSPS) is 21.0. The molecule has 0 spiro atoms. The van der Waals surface area contributed by atoms with Gasteiger partial charge in [0.05, 0.1) is 13.7 Å². The molecule has 3 aliphatic rings. The van der Waals surface area contributed by atoms with E-state index in [1.165, 1.54) is 50.1 Å². The third-order valence-corrected chi connectivity index (χ3v) is 12.6. The average molecular weight is 885 g/mol. The minimum Gasteiger partial charge on any atom is -0.500 e. The van der Waals surface area contributed by atoms with Crippen molar-refractivity contribution in [3.63, 3.8) is 0 Å². The van der Waals surface area contributed by atoms with Crippen molar-refractivity contribution < 1.29 is 36.9 Å². The number of rotatable bonds is 6. The Labute approximate surface area is 335 Å². The maximum absolute atomic E-state index is 7.97. The number of nitrogens with zero attached hydrogens (tertiary/aromatic N) is 3. The van der Waals surface area contributed by atoms with E-state index in [1.807, 2.05) is 18.2 Å². The molecule has 0 N–H and O–H groups in total. The summed E-state index contributed by atoms with van der Waals surface area (Å²) >= 11 is 0. The fraction of sp³-hybridized carbons (Fsp3) is 0.283. The Kier molecular flexibility index (Phi) is 7.48. The summed E-state index contributed by atoms with van der Waals surface area (Å²) < 4.78 is 76.9. The summed E-state index contributed by atoms with van der Waals surface area (Å²) in [4.78, 5) is 13.2. The zero-order valence-corrected chi connectivity index (χ0v) is 32.8. The molecule has 1 unspecified atom stereocenters. The average Bonchev–Trinajstić information content (AvgIpc) is 3.89. The molecule has 4 heterocycles. The number of hydrogen-bond acceptors (Lipinski definition) is 4. The number of hydrogen-bond donors (Lipinski definition) is 0. The van der Waals surface area contributed by atoms with Gasteiger partial charge in [0, 0.05) is 50.2 Å². The Balaban J connectivity index is 0.000000200. The van der Waals surface area contributed by atoms with Crippen molar-refractivity contribution in [2.75, 3.05) is 0 Å². The van der Waals surface area contributed by atoms with Crippen LogP contribution in [-0.2, 0) is 26.5 Å². The van der Waals surface area contributed by atoms with E-state index in [1.54, 1.807) is 41.1 Å². The van der Waals surface area contributed by atoms with Crippen molar-refractivity contribution >= 4 is 35.2 Å². The Bertz CT molecular complexity index is 2690. The van der Waals surface area contributed by atoms with Gasteiger partial charge in [0.2, 0.25) is 0 Å². The molecule has 10 rings (SSSR count). The van der Waals surface area contributed by atoms with Crippen molar-refractivity contribution in [1.82, 2.24) is 15.0 Å². The molecule has 3 fully saturated rings. The second-order valence-corrected chi connectivity index (χ2v) is 20.0. The first-order valence-corrected chi connectivity index (χ1v) is 21.1. The zero-order chi connectivity index (χ0) is 42.8. The quantitative estimate of drug-likeness (QED) is 0.123. The van der Waals surface area contributed by atoms with Gasteiger partial charge < -0.3 is 19.4 Å². The van der Waals surface area contributed by atoms with Crippen LogP contribution in [0.3, 0.4) is 0 Å². The van der Waals surface area contributed by atoms with Crippen molar-refractivity contribution in [1.29, 1.82) is 0 Å². The summed E-state index contributed by atoms with van der Waals surface area (Å²) in [6.45, 7) is -0.0850. The van der Waals surface area contributed by atoms with Crippen LogP contribution in [0.4, 0.5) is 0 Å². The molecule has 4 aromatic heterocycles. The molecule has 2 bridgehead atoms. The Morgan fingerprint density at radius 3 is 2.40 bits per heavy atom. The summed E-state index contributed by atoms with van der Waals surface area (Å²) in [5.41, 5.74) is 5.52. The molecule has 3 aliphatic carbocycles. The first-order valence-electron chi connectivity index (χ1n) is 22.1. The molecule has 4 nitrogen and oxygen atoms in total. The molecule has 0 amide bonds. The van der Waals surface area contributed by atoms with Crippen LogP contribution in [0.5, 0.6) is 0 Å². The van der Waals surface area contributed by atoms with E-state index in [2.05, 4.69) is 66.3 Å². The van der Waals surface area contributed by atoms with Gasteiger partial charge >= 0.3 is 0 Å². The van der Waals surface area contributed by atoms with Gasteiger partial charge in [-0.05, 0) is 119 Å². The van der Waals surface area contributed by atoms with Crippen LogP contribution >= 0.6 is 0 Å². The van der Waals surface area contributed by atoms with E-state index < -0.39 is 28.6 Å². The summed E-state index contributed by atoms with van der Waals surface area (Å²) in [5, 5.41) is 2.14. The van der Waals surface area contributed by atoms with Crippen LogP contribution in [0.25, 0.3) is 55.6 Å². The molecule has 3 saturated carbocycles. The van der Waals surface area contributed by atoms with E-state index in [4.69, 9.17) is 21.7 Å². The fourth-order valence-corrected chi connectivity index (χ4v) is 9.50. The molecule has 0 saturated heterocycles. The SMILES string of the molecule is C[Si](C)(C)c1cnc(-c2[c-]cccc2)cc1CC1CC2CC1C2.[2H]C([2H])([2H])c1ccc2c(c1)oc1c(-c3cc(-c4ccccc4)c(C([2H])([2H])[2H])cn3)[c-]nc(C([2H])([2H])[2H])c12.[Ir]. The summed E-state index contributed by atoms with van der Waals surface area (Å²) in [6, 6.07) is 28.7. The van der Waals surface area contributed by atoms with Crippen LogP contribution in [0, 0.1) is 50.6 Å². The molecule has 0 aliphatic heterocycles. The van der Waals surface area contributed by atoms with Gasteiger partial charge in [0.25, 0.3) is 0 Å². The zero-order valence-electron chi connectivity index (χ0n) is 38.4. The van der Waals surface area contributed by atoms with Crippen LogP contribution in [-0.4, -0.2) is 23.0 Å². The molecule has 265 valence electrons. The largest absolute Gasteiger partial charge is 0.500 e. The van der Waals surface area contributed by atoms with Gasteiger partial charge in [-0.2, -0.15) is 0 Å². The van der Waals surface area contributed by atoms with Crippen molar-refractivity contribution in [2.24, 2.45) is 17.8 Å². The van der Waals surface area contributed by atoms with E-state index in [0.717, 1.165) is 29.0 Å². The number of aromatic nitrogens is 3. The Hall–Kier alpha value is -4.22. The minimum atomic E-state index is -2.60. The smallest absolute Gasteiger partial charge is 0.121 e. The molecular weight excluding hydrogens is 831 g/mol. The van der Waals surface area contributed by atoms with E-state index in [9.17, 15) is 0 Å². The molecule has 1 atom stereocenters. The van der Waals surface area contributed by atoms with E-state index >= 15 is 0 Å². The second kappa shape index (κ2) is 14.7. The fourth-order valence-electron chi connectivity index (χ4n) is 7.91. The van der Waals surface area contributed by atoms with Crippen LogP contribution in [0.2, 0.25) is 19.6 Å². The number of benzene rings is 3. The van der Waals surface area contributed by atoms with E-state index in [0.29, 0.717) is 16.5 Å². The third kappa shape index (κ3) is 7.09. The van der Waals surface area contributed by atoms with E-state index in [-0.39, 0.29) is 64.7 Å². The second-order valence-electron chi connectivity index (χ2n) is 15.0. The third-order valence-electron chi connectivity index (χ3n) is 10.5. The number of aryl methyl sites for hydroxylation is 3. The maximum Gasteiger partial charge on any atom is 0.121 e. The van der Waals surface area contributed by atoms with Gasteiger partial charge in [-0.3, -0.25) is 0 Å². The predicted molar refractivity (Wildman–Crippen MR) is 213 cm³/mol. The Morgan fingerprint density at radius 2 is 1.69 bits per heavy atom. The van der Waals surface area contributed by atoms with Gasteiger partial charge in [-0.15, -0.1) is 35.9 Å². The summed E-state index contributed by atoms with van der Waals surface area (Å²) in [6.07, 6.45) is 11.9. The van der Waals surface area contributed by atoms with Gasteiger partial charge in [-0.1, -0.05) is 92.2 Å². The minimum absolute atomic E-state index is 0. The first-order chi connectivity index (χ1) is 28.3. The number of fused-ring (bicyclic) bond motifs is 4. The van der Waals surface area contributed by atoms with Gasteiger partial charge in [0.1, 0.15) is 5.58 Å². The monoisotopic (exact) mass is 885 g/mol. The van der Waals surface area contributed by atoms with Gasteiger partial charge in [0.15, 0.2) is 0 Å². The number of pyridine rings is 3. The summed E-state index contributed by atoms with van der Waals surface area (Å²) in [7, 11) is -1.35. The van der Waals surface area contributed by atoms with Crippen molar-refractivity contribution in [3.05, 3.63) is 132 Å². The molecule has 1 radical (unpaired) electrons. The molecule has 6 heteroatoms. The molecule has 3 aromatic carbocycles. The van der Waals surface area contributed by atoms with Crippen LogP contribution in [0.15, 0.2) is 102 Å². The van der Waals surface area contributed by atoms with Crippen molar-refractivity contribution in [2.45, 2.75) is 65.9 Å². The molecule has 7 aromatic rings.